The Labute approximate surface area is 86.1 Å². The van der Waals surface area contributed by atoms with E-state index in [2.05, 4.69) is 26.0 Å². The van der Waals surface area contributed by atoms with Crippen LogP contribution < -0.4 is 0 Å². The van der Waals surface area contributed by atoms with E-state index in [9.17, 15) is 4.79 Å². The average Bonchev–Trinajstić information content (AvgIpc) is 2.18. The van der Waals surface area contributed by atoms with Gasteiger partial charge >= 0.3 is 0 Å². The summed E-state index contributed by atoms with van der Waals surface area (Å²) in [5.41, 5.74) is 2.13. The Bertz CT molecular complexity index is 298. The van der Waals surface area contributed by atoms with Gasteiger partial charge in [-0.2, -0.15) is 0 Å². The maximum Gasteiger partial charge on any atom is 0.159 e. The lowest BCUT2D eigenvalue weighted by Gasteiger charge is -2.08. The van der Waals surface area contributed by atoms with Crippen molar-refractivity contribution < 1.29 is 4.79 Å². The van der Waals surface area contributed by atoms with Crippen LogP contribution in [0, 0.1) is 5.92 Å². The molecule has 0 aliphatic carbocycles. The number of ketones is 1. The van der Waals surface area contributed by atoms with E-state index in [4.69, 9.17) is 0 Å². The van der Waals surface area contributed by atoms with Crippen LogP contribution in [0.25, 0.3) is 0 Å². The van der Waals surface area contributed by atoms with Gasteiger partial charge in [0.05, 0.1) is 0 Å². The van der Waals surface area contributed by atoms with Gasteiger partial charge in [0.25, 0.3) is 0 Å². The van der Waals surface area contributed by atoms with Crippen LogP contribution in [0.4, 0.5) is 0 Å². The summed E-state index contributed by atoms with van der Waals surface area (Å²) in [5.74, 6) is 0.860. The molecule has 0 aromatic heterocycles. The van der Waals surface area contributed by atoms with Crippen molar-refractivity contribution >= 4 is 5.78 Å². The number of hydrogen-bond donors (Lipinski definition) is 0. The Balaban J connectivity index is 2.68. The number of hydrogen-bond acceptors (Lipinski definition) is 1. The molecule has 0 radical (unpaired) electrons. The predicted molar refractivity (Wildman–Crippen MR) is 59.6 cm³/mol. The molecule has 0 aliphatic heterocycles. The first-order valence-corrected chi connectivity index (χ1v) is 5.23. The van der Waals surface area contributed by atoms with E-state index in [1.54, 1.807) is 6.92 Å². The van der Waals surface area contributed by atoms with Gasteiger partial charge < -0.3 is 0 Å². The molecule has 1 heteroatoms. The SMILES string of the molecule is CCC(C)Cc1ccc(C(C)=O)cc1. The molecule has 1 rings (SSSR count). The van der Waals surface area contributed by atoms with E-state index in [-0.39, 0.29) is 5.78 Å². The maximum atomic E-state index is 11.0. The smallest absolute Gasteiger partial charge is 0.159 e. The molecule has 0 fully saturated rings. The van der Waals surface area contributed by atoms with Crippen LogP contribution in [0.2, 0.25) is 0 Å². The molecule has 0 spiro atoms. The summed E-state index contributed by atoms with van der Waals surface area (Å²) in [4.78, 5) is 11.0. The van der Waals surface area contributed by atoms with Gasteiger partial charge in [0.1, 0.15) is 0 Å². The van der Waals surface area contributed by atoms with Crippen LogP contribution in [0.15, 0.2) is 24.3 Å². The zero-order valence-electron chi connectivity index (χ0n) is 9.21. The van der Waals surface area contributed by atoms with Crippen molar-refractivity contribution in [1.29, 1.82) is 0 Å². The van der Waals surface area contributed by atoms with Crippen molar-refractivity contribution in [3.63, 3.8) is 0 Å². The summed E-state index contributed by atoms with van der Waals surface area (Å²) in [5, 5.41) is 0. The van der Waals surface area contributed by atoms with Crippen LogP contribution >= 0.6 is 0 Å². The fourth-order valence-corrected chi connectivity index (χ4v) is 1.42. The predicted octanol–water partition coefficient (Wildman–Crippen LogP) is 3.48. The lowest BCUT2D eigenvalue weighted by atomic mass is 9.98. The number of rotatable bonds is 4. The molecular weight excluding hydrogens is 172 g/mol. The van der Waals surface area contributed by atoms with E-state index >= 15 is 0 Å². The first kappa shape index (κ1) is 11.0. The highest BCUT2D eigenvalue weighted by Gasteiger charge is 2.02. The van der Waals surface area contributed by atoms with Gasteiger partial charge in [-0.25, -0.2) is 0 Å². The topological polar surface area (TPSA) is 17.1 Å². The molecule has 0 heterocycles. The third-order valence-corrected chi connectivity index (χ3v) is 2.64. The van der Waals surface area contributed by atoms with Crippen molar-refractivity contribution in [3.8, 4) is 0 Å². The van der Waals surface area contributed by atoms with Gasteiger partial charge in [-0.05, 0) is 24.8 Å². The first-order chi connectivity index (χ1) is 6.63. The normalized spacial score (nSPS) is 12.5. The van der Waals surface area contributed by atoms with E-state index in [1.165, 1.54) is 12.0 Å². The van der Waals surface area contributed by atoms with Gasteiger partial charge in [-0.15, -0.1) is 0 Å². The van der Waals surface area contributed by atoms with Gasteiger partial charge in [0.2, 0.25) is 0 Å². The average molecular weight is 190 g/mol. The molecule has 0 saturated heterocycles. The van der Waals surface area contributed by atoms with Gasteiger partial charge in [-0.3, -0.25) is 4.79 Å². The molecule has 76 valence electrons. The van der Waals surface area contributed by atoms with Crippen LogP contribution in [0.3, 0.4) is 0 Å². The third kappa shape index (κ3) is 2.99. The number of benzene rings is 1. The minimum atomic E-state index is 0.139. The molecule has 1 aromatic rings. The quantitative estimate of drug-likeness (QED) is 0.664. The monoisotopic (exact) mass is 190 g/mol. The minimum Gasteiger partial charge on any atom is -0.295 e. The Kier molecular flexibility index (Phi) is 3.87. The molecule has 1 nitrogen and oxygen atoms in total. The van der Waals surface area contributed by atoms with E-state index < -0.39 is 0 Å². The summed E-state index contributed by atoms with van der Waals surface area (Å²) < 4.78 is 0. The lowest BCUT2D eigenvalue weighted by molar-refractivity contribution is 0.101. The number of carbonyl (C=O) groups is 1. The van der Waals surface area contributed by atoms with E-state index in [0.29, 0.717) is 0 Å². The van der Waals surface area contributed by atoms with Crippen molar-refractivity contribution in [3.05, 3.63) is 35.4 Å². The van der Waals surface area contributed by atoms with Crippen molar-refractivity contribution in [2.75, 3.05) is 0 Å². The fourth-order valence-electron chi connectivity index (χ4n) is 1.42. The van der Waals surface area contributed by atoms with E-state index in [1.807, 2.05) is 12.1 Å². The standard InChI is InChI=1S/C13H18O/c1-4-10(2)9-12-5-7-13(8-6-12)11(3)14/h5-8,10H,4,9H2,1-3H3. The highest BCUT2D eigenvalue weighted by atomic mass is 16.1. The van der Waals surface area contributed by atoms with Gasteiger partial charge in [0.15, 0.2) is 5.78 Å². The molecule has 0 bridgehead atoms. The summed E-state index contributed by atoms with van der Waals surface area (Å²) in [6.45, 7) is 6.05. The van der Waals surface area contributed by atoms with Crippen LogP contribution in [-0.2, 0) is 6.42 Å². The van der Waals surface area contributed by atoms with Gasteiger partial charge in [0, 0.05) is 5.56 Å². The third-order valence-electron chi connectivity index (χ3n) is 2.64. The van der Waals surface area contributed by atoms with Crippen LogP contribution in [-0.4, -0.2) is 5.78 Å². The molecule has 0 aliphatic rings. The number of Topliss-reactive ketones (excluding diaryl/α,β-unsaturated/α-hetero) is 1. The molecular formula is C13H18O. The molecule has 1 aromatic carbocycles. The Morgan fingerprint density at radius 3 is 2.29 bits per heavy atom. The van der Waals surface area contributed by atoms with Crippen LogP contribution in [0.5, 0.6) is 0 Å². The zero-order valence-corrected chi connectivity index (χ0v) is 9.21. The molecule has 1 atom stereocenters. The minimum absolute atomic E-state index is 0.139. The second kappa shape index (κ2) is 4.94. The fraction of sp³-hybridized carbons (Fsp3) is 0.462. The second-order valence-electron chi connectivity index (χ2n) is 3.97. The number of carbonyl (C=O) groups excluding carboxylic acids is 1. The molecule has 14 heavy (non-hydrogen) atoms. The summed E-state index contributed by atoms with van der Waals surface area (Å²) in [6.07, 6.45) is 2.31. The van der Waals surface area contributed by atoms with E-state index in [0.717, 1.165) is 17.9 Å². The van der Waals surface area contributed by atoms with Gasteiger partial charge in [-0.1, -0.05) is 44.5 Å². The highest BCUT2D eigenvalue weighted by molar-refractivity contribution is 5.93. The summed E-state index contributed by atoms with van der Waals surface area (Å²) in [6, 6.07) is 7.95. The zero-order chi connectivity index (χ0) is 10.6. The molecule has 0 N–H and O–H groups in total. The van der Waals surface area contributed by atoms with Crippen molar-refractivity contribution in [2.45, 2.75) is 33.6 Å². The van der Waals surface area contributed by atoms with Crippen LogP contribution in [0.1, 0.15) is 43.1 Å². The lowest BCUT2D eigenvalue weighted by Crippen LogP contribution is -1.98. The molecule has 1 unspecified atom stereocenters. The van der Waals surface area contributed by atoms with Crippen molar-refractivity contribution in [1.82, 2.24) is 0 Å². The molecule has 0 saturated carbocycles. The second-order valence-corrected chi connectivity index (χ2v) is 3.97. The molecule has 0 amide bonds. The highest BCUT2D eigenvalue weighted by Crippen LogP contribution is 2.12. The maximum absolute atomic E-state index is 11.0. The summed E-state index contributed by atoms with van der Waals surface area (Å²) >= 11 is 0. The first-order valence-electron chi connectivity index (χ1n) is 5.23. The summed E-state index contributed by atoms with van der Waals surface area (Å²) in [7, 11) is 0. The largest absolute Gasteiger partial charge is 0.295 e. The Hall–Kier alpha value is -1.11. The Morgan fingerprint density at radius 1 is 1.29 bits per heavy atom. The Morgan fingerprint density at radius 2 is 1.86 bits per heavy atom. The van der Waals surface area contributed by atoms with Crippen molar-refractivity contribution in [2.24, 2.45) is 5.92 Å².